The van der Waals surface area contributed by atoms with Gasteiger partial charge in [-0.25, -0.2) is 4.98 Å². The van der Waals surface area contributed by atoms with Crippen LogP contribution in [0.4, 0.5) is 0 Å². The van der Waals surface area contributed by atoms with Gasteiger partial charge in [0.15, 0.2) is 5.78 Å². The molecule has 0 saturated heterocycles. The number of ketones is 1. The van der Waals surface area contributed by atoms with E-state index in [1.165, 1.54) is 52.8 Å². The van der Waals surface area contributed by atoms with Crippen molar-refractivity contribution in [1.82, 2.24) is 9.97 Å². The van der Waals surface area contributed by atoms with Crippen LogP contribution in [0.2, 0.25) is 0 Å². The number of carbonyl (C=O) groups excluding carboxylic acids is 1. The molecule has 1 N–H and O–H groups in total. The molecular weight excluding hydrogens is 577 g/mol. The molecule has 1 radical (unpaired) electrons. The molecule has 0 spiro atoms. The summed E-state index contributed by atoms with van der Waals surface area (Å²) in [5.41, 5.74) is 6.90. The number of benzene rings is 3. The predicted molar refractivity (Wildman–Crippen MR) is 125 cm³/mol. The summed E-state index contributed by atoms with van der Waals surface area (Å²) in [4.78, 5) is 19.2. The third-order valence-corrected chi connectivity index (χ3v) is 5.68. The Bertz CT molecular complexity index is 1370. The van der Waals surface area contributed by atoms with E-state index in [9.17, 15) is 4.79 Å². The SMILES string of the molecule is CC(=O)/C=C(/C)O.Cc1cc2c3c(ncnc3c1)-c1[c-]cc3ccccc3c1C2(C)C.[Ir]. The second kappa shape index (κ2) is 8.93. The number of aliphatic hydroxyl groups is 1. The van der Waals surface area contributed by atoms with Gasteiger partial charge in [-0.05, 0) is 54.5 Å². The summed E-state index contributed by atoms with van der Waals surface area (Å²) in [5, 5.41) is 12.1. The third kappa shape index (κ3) is 4.11. The van der Waals surface area contributed by atoms with Gasteiger partial charge in [0.1, 0.15) is 6.33 Å². The second-order valence-electron chi connectivity index (χ2n) is 8.58. The Labute approximate surface area is 201 Å². The molecule has 3 aromatic carbocycles. The molecule has 1 heterocycles. The van der Waals surface area contributed by atoms with Crippen molar-refractivity contribution in [2.45, 2.75) is 40.0 Å². The van der Waals surface area contributed by atoms with Gasteiger partial charge in [0.05, 0.1) is 11.3 Å². The molecule has 4 nitrogen and oxygen atoms in total. The fourth-order valence-corrected chi connectivity index (χ4v) is 4.49. The first-order valence-electron chi connectivity index (χ1n) is 10.3. The van der Waals surface area contributed by atoms with Crippen molar-refractivity contribution in [2.75, 3.05) is 0 Å². The summed E-state index contributed by atoms with van der Waals surface area (Å²) in [6.45, 7) is 9.59. The molecule has 0 fully saturated rings. The minimum atomic E-state index is -0.125. The largest absolute Gasteiger partial charge is 0.512 e. The van der Waals surface area contributed by atoms with Crippen molar-refractivity contribution in [2.24, 2.45) is 0 Å². The Balaban J connectivity index is 0.000000318. The Morgan fingerprint density at radius 2 is 1.84 bits per heavy atom. The molecule has 1 aliphatic carbocycles. The molecule has 0 unspecified atom stereocenters. The van der Waals surface area contributed by atoms with Crippen molar-refractivity contribution < 1.29 is 30.0 Å². The Kier molecular flexibility index (Phi) is 6.64. The van der Waals surface area contributed by atoms with Gasteiger partial charge in [0.2, 0.25) is 0 Å². The van der Waals surface area contributed by atoms with E-state index in [-0.39, 0.29) is 37.1 Å². The fourth-order valence-electron chi connectivity index (χ4n) is 4.49. The van der Waals surface area contributed by atoms with Crippen molar-refractivity contribution in [3.05, 3.63) is 83.4 Å². The molecule has 32 heavy (non-hydrogen) atoms. The van der Waals surface area contributed by atoms with Crippen LogP contribution >= 0.6 is 0 Å². The Morgan fingerprint density at radius 3 is 2.50 bits per heavy atom. The molecule has 4 aromatic rings. The first-order valence-corrected chi connectivity index (χ1v) is 10.3. The number of nitrogens with zero attached hydrogens (tertiary/aromatic N) is 2. The van der Waals surface area contributed by atoms with Crippen LogP contribution in [0.1, 0.15) is 44.4 Å². The maximum absolute atomic E-state index is 10.0. The van der Waals surface area contributed by atoms with Crippen molar-refractivity contribution >= 4 is 27.5 Å². The summed E-state index contributed by atoms with van der Waals surface area (Å²) in [6.07, 6.45) is 2.84. The number of carbonyl (C=O) groups is 1. The molecule has 0 saturated carbocycles. The minimum absolute atomic E-state index is 0. The van der Waals surface area contributed by atoms with Crippen molar-refractivity contribution in [1.29, 1.82) is 0 Å². The van der Waals surface area contributed by atoms with E-state index in [0.717, 1.165) is 16.8 Å². The number of allylic oxidation sites excluding steroid dienone is 2. The predicted octanol–water partition coefficient (Wildman–Crippen LogP) is 6.23. The van der Waals surface area contributed by atoms with Gasteiger partial charge in [-0.3, -0.25) is 9.78 Å². The van der Waals surface area contributed by atoms with E-state index in [2.05, 4.69) is 79.3 Å². The third-order valence-electron chi connectivity index (χ3n) is 5.68. The molecule has 0 amide bonds. The maximum atomic E-state index is 10.0. The van der Waals surface area contributed by atoms with Crippen LogP contribution in [0.5, 0.6) is 0 Å². The number of aromatic nitrogens is 2. The molecule has 5 heteroatoms. The minimum Gasteiger partial charge on any atom is -0.512 e. The van der Waals surface area contributed by atoms with Crippen LogP contribution in [0, 0.1) is 13.0 Å². The number of rotatable bonds is 1. The summed E-state index contributed by atoms with van der Waals surface area (Å²) in [6, 6.07) is 18.6. The quantitative estimate of drug-likeness (QED) is 0.160. The number of hydrogen-bond donors (Lipinski definition) is 1. The zero-order chi connectivity index (χ0) is 22.3. The van der Waals surface area contributed by atoms with Crippen molar-refractivity contribution in [3.63, 3.8) is 0 Å². The van der Waals surface area contributed by atoms with Gasteiger partial charge in [-0.2, -0.15) is 0 Å². The van der Waals surface area contributed by atoms with E-state index < -0.39 is 0 Å². The average Bonchev–Trinajstić information content (AvgIpc) is 2.70. The van der Waals surface area contributed by atoms with Crippen LogP contribution in [0.25, 0.3) is 32.9 Å². The van der Waals surface area contributed by atoms with Crippen LogP contribution < -0.4 is 0 Å². The first kappa shape index (κ1) is 23.8. The molecular formula is C27H25IrN2O2-. The summed E-state index contributed by atoms with van der Waals surface area (Å²) in [7, 11) is 0. The van der Waals surface area contributed by atoms with Gasteiger partial charge >= 0.3 is 0 Å². The monoisotopic (exact) mass is 602 g/mol. The molecule has 0 atom stereocenters. The second-order valence-corrected chi connectivity index (χ2v) is 8.58. The number of aliphatic hydroxyl groups excluding tert-OH is 1. The smallest absolute Gasteiger partial charge is 0.155 e. The number of fused-ring (bicyclic) bond motifs is 4. The molecule has 165 valence electrons. The first-order chi connectivity index (χ1) is 14.7. The summed E-state index contributed by atoms with van der Waals surface area (Å²) in [5.74, 6) is -0.0625. The van der Waals surface area contributed by atoms with Gasteiger partial charge in [0, 0.05) is 26.2 Å². The fraction of sp³-hybridized carbons (Fsp3) is 0.222. The maximum Gasteiger partial charge on any atom is 0.155 e. The zero-order valence-electron chi connectivity index (χ0n) is 18.8. The molecule has 0 aliphatic heterocycles. The average molecular weight is 602 g/mol. The Hall–Kier alpha value is -2.88. The van der Waals surface area contributed by atoms with Gasteiger partial charge in [-0.15, -0.1) is 23.3 Å². The Morgan fingerprint density at radius 1 is 1.12 bits per heavy atom. The van der Waals surface area contributed by atoms with E-state index >= 15 is 0 Å². The summed E-state index contributed by atoms with van der Waals surface area (Å²) >= 11 is 0. The normalized spacial score (nSPS) is 13.6. The zero-order valence-corrected chi connectivity index (χ0v) is 21.2. The van der Waals surface area contributed by atoms with Crippen LogP contribution in [0.15, 0.2) is 60.6 Å². The topological polar surface area (TPSA) is 63.1 Å². The van der Waals surface area contributed by atoms with Crippen LogP contribution in [-0.4, -0.2) is 20.9 Å². The van der Waals surface area contributed by atoms with E-state index in [1.54, 1.807) is 6.33 Å². The van der Waals surface area contributed by atoms with Crippen LogP contribution in [-0.2, 0) is 30.3 Å². The van der Waals surface area contributed by atoms with Gasteiger partial charge in [-0.1, -0.05) is 55.0 Å². The molecule has 1 aromatic heterocycles. The molecule has 0 bridgehead atoms. The van der Waals surface area contributed by atoms with Gasteiger partial charge in [0.25, 0.3) is 0 Å². The molecule has 5 rings (SSSR count). The van der Waals surface area contributed by atoms with Crippen molar-refractivity contribution in [3.8, 4) is 11.3 Å². The number of hydrogen-bond acceptors (Lipinski definition) is 4. The number of aryl methyl sites for hydroxylation is 1. The van der Waals surface area contributed by atoms with E-state index in [4.69, 9.17) is 5.11 Å². The van der Waals surface area contributed by atoms with E-state index in [0.29, 0.717) is 0 Å². The summed E-state index contributed by atoms with van der Waals surface area (Å²) < 4.78 is 0. The van der Waals surface area contributed by atoms with Gasteiger partial charge < -0.3 is 5.11 Å². The van der Waals surface area contributed by atoms with Crippen LogP contribution in [0.3, 0.4) is 0 Å². The molecule has 1 aliphatic rings. The standard InChI is InChI=1S/C22H17N2.C5H8O2.Ir/c1-13-10-17-19-18(11-13)23-12-24-21(19)16-9-8-14-6-4-5-7-15(14)20(16)22(17,2)3;1-4(6)3-5(2)7;/h4-8,10-12H,1-3H3;3,6H,1-2H3;/q-1;;/b;4-3-;. The van der Waals surface area contributed by atoms with E-state index in [1.807, 2.05) is 0 Å².